The molecule has 0 atom stereocenters. The van der Waals surface area contributed by atoms with Crippen LogP contribution in [0.5, 0.6) is 5.75 Å². The minimum atomic E-state index is -4.82. The van der Waals surface area contributed by atoms with Crippen LogP contribution in [-0.4, -0.2) is 16.5 Å². The third-order valence-electron chi connectivity index (χ3n) is 1.61. The van der Waals surface area contributed by atoms with Crippen LogP contribution in [0, 0.1) is 3.70 Å². The first kappa shape index (κ1) is 13.8. The van der Waals surface area contributed by atoms with Crippen LogP contribution in [0.25, 0.3) is 0 Å². The Balaban J connectivity index is 3.15. The minimum Gasteiger partial charge on any atom is -0.404 e. The van der Waals surface area contributed by atoms with Crippen molar-refractivity contribution in [2.75, 3.05) is 0 Å². The second kappa shape index (κ2) is 5.37. The fourth-order valence-corrected chi connectivity index (χ4v) is 2.03. The van der Waals surface area contributed by atoms with Crippen molar-refractivity contribution in [3.63, 3.8) is 0 Å². The summed E-state index contributed by atoms with van der Waals surface area (Å²) in [6, 6.07) is 1.13. The van der Waals surface area contributed by atoms with Crippen molar-refractivity contribution in [3.05, 3.63) is 21.0 Å². The SMILES string of the molecule is OCc1nc(I)c(CCl)cc1OC(F)(F)F. The van der Waals surface area contributed by atoms with E-state index in [1.54, 1.807) is 0 Å². The molecule has 0 fully saturated rings. The van der Waals surface area contributed by atoms with Crippen LogP contribution in [-0.2, 0) is 12.5 Å². The number of rotatable bonds is 3. The van der Waals surface area contributed by atoms with E-state index in [1.807, 2.05) is 22.6 Å². The predicted molar refractivity (Wildman–Crippen MR) is 59.1 cm³/mol. The molecule has 0 saturated carbocycles. The first-order valence-corrected chi connectivity index (χ1v) is 5.59. The van der Waals surface area contributed by atoms with Crippen LogP contribution in [0.3, 0.4) is 0 Å². The van der Waals surface area contributed by atoms with Crippen LogP contribution >= 0.6 is 34.2 Å². The Labute approximate surface area is 108 Å². The number of aromatic nitrogens is 1. The van der Waals surface area contributed by atoms with Gasteiger partial charge in [0.15, 0.2) is 5.75 Å². The van der Waals surface area contributed by atoms with E-state index in [2.05, 4.69) is 9.72 Å². The smallest absolute Gasteiger partial charge is 0.404 e. The Morgan fingerprint density at radius 3 is 2.56 bits per heavy atom. The van der Waals surface area contributed by atoms with Gasteiger partial charge in [0.25, 0.3) is 0 Å². The molecule has 8 heteroatoms. The maximum absolute atomic E-state index is 12.0. The summed E-state index contributed by atoms with van der Waals surface area (Å²) >= 11 is 7.35. The topological polar surface area (TPSA) is 42.4 Å². The number of nitrogens with zero attached hydrogens (tertiary/aromatic N) is 1. The summed E-state index contributed by atoms with van der Waals surface area (Å²) < 4.78 is 40.3. The highest BCUT2D eigenvalue weighted by Crippen LogP contribution is 2.28. The summed E-state index contributed by atoms with van der Waals surface area (Å²) in [6.45, 7) is -0.635. The van der Waals surface area contributed by atoms with E-state index in [-0.39, 0.29) is 11.6 Å². The summed E-state index contributed by atoms with van der Waals surface area (Å²) in [4.78, 5) is 3.77. The van der Waals surface area contributed by atoms with Crippen LogP contribution in [0.15, 0.2) is 6.07 Å². The van der Waals surface area contributed by atoms with Crippen molar-refractivity contribution in [2.24, 2.45) is 0 Å². The molecule has 1 aromatic rings. The number of pyridine rings is 1. The molecule has 0 unspecified atom stereocenters. The average Bonchev–Trinajstić information content (AvgIpc) is 2.18. The summed E-state index contributed by atoms with van der Waals surface area (Å²) in [7, 11) is 0. The molecule has 3 nitrogen and oxygen atoms in total. The van der Waals surface area contributed by atoms with E-state index in [9.17, 15) is 13.2 Å². The summed E-state index contributed by atoms with van der Waals surface area (Å²) in [5, 5.41) is 8.86. The number of aliphatic hydroxyl groups excluding tert-OH is 1. The lowest BCUT2D eigenvalue weighted by Gasteiger charge is -2.13. The largest absolute Gasteiger partial charge is 0.573 e. The van der Waals surface area contributed by atoms with Gasteiger partial charge < -0.3 is 9.84 Å². The quantitative estimate of drug-likeness (QED) is 0.507. The Morgan fingerprint density at radius 2 is 2.12 bits per heavy atom. The first-order valence-electron chi connectivity index (χ1n) is 3.98. The molecule has 0 amide bonds. The Hall–Kier alpha value is -0.280. The molecule has 0 saturated heterocycles. The third kappa shape index (κ3) is 3.63. The van der Waals surface area contributed by atoms with Crippen LogP contribution in [0.2, 0.25) is 0 Å². The van der Waals surface area contributed by atoms with Crippen molar-refractivity contribution in [3.8, 4) is 5.75 Å². The Bertz CT molecular complexity index is 386. The molecule has 0 aliphatic rings. The summed E-state index contributed by atoms with van der Waals surface area (Å²) in [5.74, 6) is -0.503. The van der Waals surface area contributed by atoms with Gasteiger partial charge in [-0.15, -0.1) is 24.8 Å². The fourth-order valence-electron chi connectivity index (χ4n) is 0.967. The molecule has 0 aliphatic heterocycles. The highest BCUT2D eigenvalue weighted by molar-refractivity contribution is 14.1. The van der Waals surface area contributed by atoms with Gasteiger partial charge in [-0.25, -0.2) is 4.98 Å². The number of hydrogen-bond donors (Lipinski definition) is 1. The third-order valence-corrected chi connectivity index (χ3v) is 2.83. The van der Waals surface area contributed by atoms with Gasteiger partial charge >= 0.3 is 6.36 Å². The molecule has 1 N–H and O–H groups in total. The first-order chi connectivity index (χ1) is 7.37. The van der Waals surface area contributed by atoms with Gasteiger partial charge in [-0.2, -0.15) is 0 Å². The second-order valence-corrected chi connectivity index (χ2v) is 4.01. The predicted octanol–water partition coefficient (Wildman–Crippen LogP) is 2.82. The van der Waals surface area contributed by atoms with Gasteiger partial charge in [0.2, 0.25) is 0 Å². The molecule has 1 rings (SSSR count). The lowest BCUT2D eigenvalue weighted by Crippen LogP contribution is -2.19. The number of aliphatic hydroxyl groups is 1. The van der Waals surface area contributed by atoms with Gasteiger partial charge in [0, 0.05) is 5.56 Å². The lowest BCUT2D eigenvalue weighted by atomic mass is 10.2. The normalized spacial score (nSPS) is 11.6. The van der Waals surface area contributed by atoms with Crippen LogP contribution in [0.4, 0.5) is 13.2 Å². The number of alkyl halides is 4. The van der Waals surface area contributed by atoms with Crippen molar-refractivity contribution in [1.82, 2.24) is 4.98 Å². The molecule has 0 spiro atoms. The van der Waals surface area contributed by atoms with Gasteiger partial charge in [0.1, 0.15) is 9.39 Å². The van der Waals surface area contributed by atoms with Crippen LogP contribution in [0.1, 0.15) is 11.3 Å². The molecule has 0 radical (unpaired) electrons. The lowest BCUT2D eigenvalue weighted by molar-refractivity contribution is -0.275. The maximum atomic E-state index is 12.0. The zero-order valence-electron chi connectivity index (χ0n) is 7.68. The van der Waals surface area contributed by atoms with E-state index in [0.717, 1.165) is 6.07 Å². The Kier molecular flexibility index (Phi) is 4.62. The van der Waals surface area contributed by atoms with Crippen LogP contribution < -0.4 is 4.74 Å². The molecular weight excluding hydrogens is 361 g/mol. The monoisotopic (exact) mass is 367 g/mol. The van der Waals surface area contributed by atoms with E-state index in [1.165, 1.54) is 0 Å². The van der Waals surface area contributed by atoms with Gasteiger partial charge in [-0.05, 0) is 28.7 Å². The van der Waals surface area contributed by atoms with E-state index < -0.39 is 18.7 Å². The molecular formula is C8H6ClF3INO2. The van der Waals surface area contributed by atoms with E-state index in [0.29, 0.717) is 9.26 Å². The zero-order valence-corrected chi connectivity index (χ0v) is 10.6. The molecule has 0 aliphatic carbocycles. The molecule has 0 bridgehead atoms. The number of halogens is 5. The Morgan fingerprint density at radius 1 is 1.50 bits per heavy atom. The average molecular weight is 367 g/mol. The zero-order chi connectivity index (χ0) is 12.3. The van der Waals surface area contributed by atoms with Crippen molar-refractivity contribution >= 4 is 34.2 Å². The van der Waals surface area contributed by atoms with Gasteiger partial charge in [0.05, 0.1) is 12.5 Å². The summed E-state index contributed by atoms with van der Waals surface area (Å²) in [6.07, 6.45) is -4.82. The van der Waals surface area contributed by atoms with Crippen molar-refractivity contribution < 1.29 is 23.0 Å². The molecule has 16 heavy (non-hydrogen) atoms. The molecule has 0 aromatic carbocycles. The number of ether oxygens (including phenoxy) is 1. The van der Waals surface area contributed by atoms with Gasteiger partial charge in [-0.3, -0.25) is 0 Å². The second-order valence-electron chi connectivity index (χ2n) is 2.72. The fraction of sp³-hybridized carbons (Fsp3) is 0.375. The van der Waals surface area contributed by atoms with E-state index in [4.69, 9.17) is 16.7 Å². The minimum absolute atomic E-state index is 0.0190. The standard InChI is InChI=1S/C8H6ClF3INO2/c9-2-4-1-6(16-8(10,11)12)5(3-15)14-7(4)13/h1,15H,2-3H2. The maximum Gasteiger partial charge on any atom is 0.573 e. The van der Waals surface area contributed by atoms with E-state index >= 15 is 0 Å². The van der Waals surface area contributed by atoms with Crippen molar-refractivity contribution in [2.45, 2.75) is 18.8 Å². The highest BCUT2D eigenvalue weighted by Gasteiger charge is 2.32. The molecule has 90 valence electrons. The van der Waals surface area contributed by atoms with Crippen molar-refractivity contribution in [1.29, 1.82) is 0 Å². The molecule has 1 heterocycles. The van der Waals surface area contributed by atoms with Gasteiger partial charge in [-0.1, -0.05) is 0 Å². The summed E-state index contributed by atoms with van der Waals surface area (Å²) in [5.41, 5.74) is 0.245. The number of hydrogen-bond acceptors (Lipinski definition) is 3. The highest BCUT2D eigenvalue weighted by atomic mass is 127. The molecule has 1 aromatic heterocycles.